The Labute approximate surface area is 128 Å². The summed E-state index contributed by atoms with van der Waals surface area (Å²) in [4.78, 5) is 14.4. The number of hydrogen-bond donors (Lipinski definition) is 2. The van der Waals surface area contributed by atoms with Gasteiger partial charge in [0.05, 0.1) is 0 Å². The Kier molecular flexibility index (Phi) is 6.01. The number of likely N-dealkylation sites (tertiary alicyclic amines) is 1. The van der Waals surface area contributed by atoms with E-state index in [1.165, 1.54) is 0 Å². The van der Waals surface area contributed by atoms with Crippen LogP contribution in [0.15, 0.2) is 28.7 Å². The molecule has 1 heterocycles. The highest BCUT2D eigenvalue weighted by molar-refractivity contribution is 9.10. The van der Waals surface area contributed by atoms with Crippen molar-refractivity contribution in [2.24, 2.45) is 11.7 Å². The van der Waals surface area contributed by atoms with Crippen molar-refractivity contribution in [3.05, 3.63) is 34.3 Å². The fraction of sp³-hybridized carbons (Fsp3) is 0.533. The summed E-state index contributed by atoms with van der Waals surface area (Å²) >= 11 is 3.38. The SMILES string of the molecule is NCCN1CCC(CNC(=O)c2cccc(Br)c2)CC1. The molecule has 0 saturated carbocycles. The smallest absolute Gasteiger partial charge is 0.251 e. The van der Waals surface area contributed by atoms with Gasteiger partial charge in [0.15, 0.2) is 0 Å². The molecule has 4 nitrogen and oxygen atoms in total. The molecule has 1 aliphatic rings. The molecule has 0 unspecified atom stereocenters. The van der Waals surface area contributed by atoms with Gasteiger partial charge in [-0.25, -0.2) is 0 Å². The molecule has 0 bridgehead atoms. The lowest BCUT2D eigenvalue weighted by Crippen LogP contribution is -2.40. The summed E-state index contributed by atoms with van der Waals surface area (Å²) in [6, 6.07) is 7.48. The van der Waals surface area contributed by atoms with Crippen LogP contribution >= 0.6 is 15.9 Å². The van der Waals surface area contributed by atoms with Crippen LogP contribution in [-0.2, 0) is 0 Å². The Hall–Kier alpha value is -0.910. The molecule has 1 aromatic rings. The summed E-state index contributed by atoms with van der Waals surface area (Å²) < 4.78 is 0.931. The van der Waals surface area contributed by atoms with E-state index in [9.17, 15) is 4.79 Å². The van der Waals surface area contributed by atoms with Gasteiger partial charge in [-0.2, -0.15) is 0 Å². The fourth-order valence-corrected chi connectivity index (χ4v) is 2.96. The molecular formula is C15H22BrN3O. The molecule has 3 N–H and O–H groups in total. The van der Waals surface area contributed by atoms with Crippen LogP contribution in [-0.4, -0.2) is 43.5 Å². The Morgan fingerprint density at radius 3 is 2.80 bits per heavy atom. The largest absolute Gasteiger partial charge is 0.352 e. The first-order valence-corrected chi connectivity index (χ1v) is 7.94. The molecule has 2 rings (SSSR count). The molecule has 1 saturated heterocycles. The van der Waals surface area contributed by atoms with Crippen LogP contribution in [0.2, 0.25) is 0 Å². The van der Waals surface area contributed by atoms with Crippen molar-refractivity contribution in [3.8, 4) is 0 Å². The maximum atomic E-state index is 12.0. The van der Waals surface area contributed by atoms with Gasteiger partial charge in [-0.3, -0.25) is 4.79 Å². The van der Waals surface area contributed by atoms with Gasteiger partial charge in [-0.1, -0.05) is 22.0 Å². The Balaban J connectivity index is 1.74. The summed E-state index contributed by atoms with van der Waals surface area (Å²) in [5, 5.41) is 3.04. The van der Waals surface area contributed by atoms with Crippen LogP contribution in [0.25, 0.3) is 0 Å². The van der Waals surface area contributed by atoms with Crippen LogP contribution in [0, 0.1) is 5.92 Å². The molecule has 0 spiro atoms. The van der Waals surface area contributed by atoms with Gasteiger partial charge in [-0.05, 0) is 50.0 Å². The van der Waals surface area contributed by atoms with Crippen molar-refractivity contribution >= 4 is 21.8 Å². The molecule has 1 fully saturated rings. The number of rotatable bonds is 5. The van der Waals surface area contributed by atoms with Gasteiger partial charge in [0.2, 0.25) is 0 Å². The number of carbonyl (C=O) groups is 1. The summed E-state index contributed by atoms with van der Waals surface area (Å²) in [6.07, 6.45) is 2.28. The number of carbonyl (C=O) groups excluding carboxylic acids is 1. The fourth-order valence-electron chi connectivity index (χ4n) is 2.57. The van der Waals surface area contributed by atoms with Gasteiger partial charge >= 0.3 is 0 Å². The molecule has 0 aliphatic carbocycles. The molecule has 0 radical (unpaired) electrons. The zero-order valence-corrected chi connectivity index (χ0v) is 13.2. The van der Waals surface area contributed by atoms with Crippen LogP contribution in [0.1, 0.15) is 23.2 Å². The predicted molar refractivity (Wildman–Crippen MR) is 84.7 cm³/mol. The maximum Gasteiger partial charge on any atom is 0.251 e. The Bertz CT molecular complexity index is 444. The molecule has 0 atom stereocenters. The Morgan fingerprint density at radius 2 is 2.15 bits per heavy atom. The average Bonchev–Trinajstić information content (AvgIpc) is 2.46. The lowest BCUT2D eigenvalue weighted by atomic mass is 9.96. The summed E-state index contributed by atoms with van der Waals surface area (Å²) in [5.41, 5.74) is 6.27. The highest BCUT2D eigenvalue weighted by atomic mass is 79.9. The van der Waals surface area contributed by atoms with E-state index in [4.69, 9.17) is 5.73 Å². The van der Waals surface area contributed by atoms with Crippen LogP contribution < -0.4 is 11.1 Å². The van der Waals surface area contributed by atoms with E-state index in [0.29, 0.717) is 11.5 Å². The lowest BCUT2D eigenvalue weighted by Gasteiger charge is -2.31. The van der Waals surface area contributed by atoms with Gasteiger partial charge < -0.3 is 16.0 Å². The topological polar surface area (TPSA) is 58.4 Å². The minimum Gasteiger partial charge on any atom is -0.352 e. The number of benzene rings is 1. The van der Waals surface area contributed by atoms with Gasteiger partial charge in [0.1, 0.15) is 0 Å². The minimum absolute atomic E-state index is 0.00990. The van der Waals surface area contributed by atoms with Crippen molar-refractivity contribution in [1.82, 2.24) is 10.2 Å². The first-order valence-electron chi connectivity index (χ1n) is 7.15. The molecule has 1 amide bonds. The van der Waals surface area contributed by atoms with E-state index in [1.54, 1.807) is 0 Å². The zero-order chi connectivity index (χ0) is 14.4. The van der Waals surface area contributed by atoms with E-state index in [2.05, 4.69) is 26.1 Å². The molecule has 5 heteroatoms. The number of nitrogens with zero attached hydrogens (tertiary/aromatic N) is 1. The first kappa shape index (κ1) is 15.5. The third-order valence-corrected chi connectivity index (χ3v) is 4.28. The molecule has 110 valence electrons. The number of hydrogen-bond acceptors (Lipinski definition) is 3. The quantitative estimate of drug-likeness (QED) is 0.860. The van der Waals surface area contributed by atoms with Crippen LogP contribution in [0.5, 0.6) is 0 Å². The number of piperidine rings is 1. The van der Waals surface area contributed by atoms with Crippen molar-refractivity contribution in [2.75, 3.05) is 32.7 Å². The van der Waals surface area contributed by atoms with Crippen LogP contribution in [0.3, 0.4) is 0 Å². The molecule has 1 aromatic carbocycles. The number of amides is 1. The summed E-state index contributed by atoms with van der Waals surface area (Å²) in [6.45, 7) is 4.66. The first-order chi connectivity index (χ1) is 9.69. The van der Waals surface area contributed by atoms with E-state index < -0.39 is 0 Å². The highest BCUT2D eigenvalue weighted by Crippen LogP contribution is 2.16. The second kappa shape index (κ2) is 7.76. The van der Waals surface area contributed by atoms with Crippen molar-refractivity contribution in [1.29, 1.82) is 0 Å². The monoisotopic (exact) mass is 339 g/mol. The number of nitrogens with one attached hydrogen (secondary N) is 1. The van der Waals surface area contributed by atoms with Crippen LogP contribution in [0.4, 0.5) is 0 Å². The predicted octanol–water partition coefficient (Wildman–Crippen LogP) is 1.85. The number of nitrogens with two attached hydrogens (primary N) is 1. The van der Waals surface area contributed by atoms with Gasteiger partial charge in [-0.15, -0.1) is 0 Å². The normalized spacial score (nSPS) is 17.1. The second-order valence-electron chi connectivity index (χ2n) is 5.29. The number of halogens is 1. The lowest BCUT2D eigenvalue weighted by molar-refractivity contribution is 0.0936. The van der Waals surface area contributed by atoms with E-state index in [1.807, 2.05) is 24.3 Å². The van der Waals surface area contributed by atoms with E-state index in [0.717, 1.165) is 50.0 Å². The van der Waals surface area contributed by atoms with Crippen molar-refractivity contribution < 1.29 is 4.79 Å². The molecular weight excluding hydrogens is 318 g/mol. The van der Waals surface area contributed by atoms with Crippen molar-refractivity contribution in [2.45, 2.75) is 12.8 Å². The summed E-state index contributed by atoms with van der Waals surface area (Å²) in [5.74, 6) is 0.593. The van der Waals surface area contributed by atoms with E-state index in [-0.39, 0.29) is 5.91 Å². The molecule has 0 aromatic heterocycles. The Morgan fingerprint density at radius 1 is 1.40 bits per heavy atom. The van der Waals surface area contributed by atoms with E-state index >= 15 is 0 Å². The summed E-state index contributed by atoms with van der Waals surface area (Å²) in [7, 11) is 0. The average molecular weight is 340 g/mol. The third kappa shape index (κ3) is 4.58. The third-order valence-electron chi connectivity index (χ3n) is 3.79. The minimum atomic E-state index is 0.00990. The molecule has 20 heavy (non-hydrogen) atoms. The maximum absolute atomic E-state index is 12.0. The standard InChI is InChI=1S/C15H22BrN3O/c16-14-3-1-2-13(10-14)15(20)18-11-12-4-7-19(8-5-12)9-6-17/h1-3,10,12H,4-9,11,17H2,(H,18,20). The van der Waals surface area contributed by atoms with Crippen molar-refractivity contribution in [3.63, 3.8) is 0 Å². The van der Waals surface area contributed by atoms with Gasteiger partial charge in [0, 0.05) is 29.7 Å². The zero-order valence-electron chi connectivity index (χ0n) is 11.6. The highest BCUT2D eigenvalue weighted by Gasteiger charge is 2.19. The molecule has 1 aliphatic heterocycles. The van der Waals surface area contributed by atoms with Gasteiger partial charge in [0.25, 0.3) is 5.91 Å². The second-order valence-corrected chi connectivity index (χ2v) is 6.21.